The van der Waals surface area contributed by atoms with Crippen molar-refractivity contribution in [2.75, 3.05) is 6.54 Å². The van der Waals surface area contributed by atoms with E-state index in [2.05, 4.69) is 15.2 Å². The van der Waals surface area contributed by atoms with E-state index in [0.29, 0.717) is 12.0 Å². The molecule has 2 aliphatic rings. The summed E-state index contributed by atoms with van der Waals surface area (Å²) < 4.78 is 1.86. The van der Waals surface area contributed by atoms with Gasteiger partial charge < -0.3 is 5.11 Å². The fourth-order valence-electron chi connectivity index (χ4n) is 4.12. The van der Waals surface area contributed by atoms with E-state index in [4.69, 9.17) is 0 Å². The number of likely N-dealkylation sites (tertiary alicyclic amines) is 1. The molecule has 3 atom stereocenters. The van der Waals surface area contributed by atoms with Crippen molar-refractivity contribution >= 4 is 0 Å². The minimum atomic E-state index is -0.490. The third-order valence-electron chi connectivity index (χ3n) is 5.30. The van der Waals surface area contributed by atoms with E-state index in [1.54, 1.807) is 0 Å². The molecule has 0 amide bonds. The van der Waals surface area contributed by atoms with Gasteiger partial charge in [-0.3, -0.25) is 9.58 Å². The van der Waals surface area contributed by atoms with Crippen molar-refractivity contribution < 1.29 is 5.11 Å². The van der Waals surface area contributed by atoms with Gasteiger partial charge in [-0.15, -0.1) is 5.10 Å². The number of aromatic nitrogens is 3. The Hall–Kier alpha value is -0.940. The lowest BCUT2D eigenvalue weighted by Crippen LogP contribution is -2.48. The molecule has 0 radical (unpaired) electrons. The number of hydrogen-bond donors (Lipinski definition) is 1. The van der Waals surface area contributed by atoms with E-state index in [-0.39, 0.29) is 0 Å². The molecule has 5 nitrogen and oxygen atoms in total. The van der Waals surface area contributed by atoms with Gasteiger partial charge in [0.15, 0.2) is 0 Å². The molecule has 2 fully saturated rings. The predicted molar refractivity (Wildman–Crippen MR) is 77.0 cm³/mol. The van der Waals surface area contributed by atoms with Crippen molar-refractivity contribution in [2.24, 2.45) is 13.0 Å². The Morgan fingerprint density at radius 2 is 2.20 bits per heavy atom. The van der Waals surface area contributed by atoms with Crippen LogP contribution in [0.25, 0.3) is 0 Å². The van der Waals surface area contributed by atoms with Crippen LogP contribution in [0, 0.1) is 5.92 Å². The smallest absolute Gasteiger partial charge is 0.0738 e. The largest absolute Gasteiger partial charge is 0.390 e. The third-order valence-corrected chi connectivity index (χ3v) is 5.30. The first-order chi connectivity index (χ1) is 9.58. The highest BCUT2D eigenvalue weighted by Gasteiger charge is 2.43. The molecule has 0 spiro atoms. The van der Waals surface area contributed by atoms with Crippen molar-refractivity contribution in [3.05, 3.63) is 11.9 Å². The Labute approximate surface area is 121 Å². The number of aryl methyl sites for hydroxylation is 1. The zero-order chi connectivity index (χ0) is 14.2. The number of hydrogen-bond acceptors (Lipinski definition) is 4. The van der Waals surface area contributed by atoms with Crippen LogP contribution >= 0.6 is 0 Å². The minimum absolute atomic E-state index is 0.417. The third kappa shape index (κ3) is 2.61. The van der Waals surface area contributed by atoms with E-state index in [1.807, 2.05) is 24.9 Å². The molecule has 0 unspecified atom stereocenters. The van der Waals surface area contributed by atoms with Crippen LogP contribution in [0.2, 0.25) is 0 Å². The van der Waals surface area contributed by atoms with Gasteiger partial charge in [-0.25, -0.2) is 0 Å². The monoisotopic (exact) mass is 278 g/mol. The molecule has 112 valence electrons. The van der Waals surface area contributed by atoms with Crippen LogP contribution in [-0.4, -0.2) is 43.2 Å². The van der Waals surface area contributed by atoms with Gasteiger partial charge in [-0.05, 0) is 39.2 Å². The molecule has 0 aromatic carbocycles. The summed E-state index contributed by atoms with van der Waals surface area (Å²) >= 11 is 0. The van der Waals surface area contributed by atoms with E-state index in [1.165, 1.54) is 25.7 Å². The number of rotatable bonds is 3. The van der Waals surface area contributed by atoms with Crippen LogP contribution in [-0.2, 0) is 13.6 Å². The Balaban J connectivity index is 1.73. The maximum Gasteiger partial charge on any atom is 0.0738 e. The van der Waals surface area contributed by atoms with E-state index < -0.39 is 5.60 Å². The zero-order valence-corrected chi connectivity index (χ0v) is 12.6. The van der Waals surface area contributed by atoms with Gasteiger partial charge in [-0.2, -0.15) is 0 Å². The SMILES string of the molecule is Cn1nncc1CN1CCC[C@@H]1[C@H]1CCCC[C@@]1(C)O. The molecular formula is C15H26N4O. The lowest BCUT2D eigenvalue weighted by atomic mass is 9.72. The predicted octanol–water partition coefficient (Wildman–Crippen LogP) is 1.72. The van der Waals surface area contributed by atoms with Crippen molar-refractivity contribution in [2.45, 2.75) is 63.6 Å². The summed E-state index contributed by atoms with van der Waals surface area (Å²) in [5, 5.41) is 18.7. The van der Waals surface area contributed by atoms with Gasteiger partial charge in [0.25, 0.3) is 0 Å². The number of aliphatic hydroxyl groups is 1. The fraction of sp³-hybridized carbons (Fsp3) is 0.867. The van der Waals surface area contributed by atoms with Crippen LogP contribution in [0.1, 0.15) is 51.1 Å². The van der Waals surface area contributed by atoms with Crippen molar-refractivity contribution in [1.82, 2.24) is 19.9 Å². The molecule has 1 aliphatic heterocycles. The van der Waals surface area contributed by atoms with Crippen LogP contribution < -0.4 is 0 Å². The Kier molecular flexibility index (Phi) is 3.82. The summed E-state index contributed by atoms with van der Waals surface area (Å²) in [6, 6.07) is 0.514. The molecule has 1 saturated carbocycles. The van der Waals surface area contributed by atoms with Gasteiger partial charge in [0.1, 0.15) is 0 Å². The van der Waals surface area contributed by atoms with E-state index >= 15 is 0 Å². The van der Waals surface area contributed by atoms with Gasteiger partial charge in [0, 0.05) is 25.6 Å². The van der Waals surface area contributed by atoms with Crippen molar-refractivity contribution in [3.63, 3.8) is 0 Å². The average molecular weight is 278 g/mol. The highest BCUT2D eigenvalue weighted by atomic mass is 16.3. The second-order valence-electron chi connectivity index (χ2n) is 6.74. The Morgan fingerprint density at radius 3 is 2.90 bits per heavy atom. The maximum absolute atomic E-state index is 10.7. The molecule has 1 aliphatic carbocycles. The summed E-state index contributed by atoms with van der Waals surface area (Å²) in [4.78, 5) is 2.53. The first-order valence-corrected chi connectivity index (χ1v) is 7.88. The van der Waals surface area contributed by atoms with Crippen LogP contribution in [0.3, 0.4) is 0 Å². The van der Waals surface area contributed by atoms with Crippen LogP contribution in [0.5, 0.6) is 0 Å². The molecule has 1 aromatic rings. The fourth-order valence-corrected chi connectivity index (χ4v) is 4.12. The van der Waals surface area contributed by atoms with E-state index in [0.717, 1.165) is 31.6 Å². The van der Waals surface area contributed by atoms with Crippen LogP contribution in [0.4, 0.5) is 0 Å². The molecule has 3 rings (SSSR count). The van der Waals surface area contributed by atoms with Gasteiger partial charge in [0.2, 0.25) is 0 Å². The molecule has 1 aromatic heterocycles. The zero-order valence-electron chi connectivity index (χ0n) is 12.6. The lowest BCUT2D eigenvalue weighted by Gasteiger charge is -2.43. The normalized spacial score (nSPS) is 35.5. The minimum Gasteiger partial charge on any atom is -0.390 e. The Morgan fingerprint density at radius 1 is 1.35 bits per heavy atom. The summed E-state index contributed by atoms with van der Waals surface area (Å²) in [7, 11) is 1.95. The standard InChI is InChI=1S/C15H26N4O/c1-15(20)8-4-3-6-13(15)14-7-5-9-19(14)11-12-10-16-17-18(12)2/h10,13-14,20H,3-9,11H2,1-2H3/t13-,14-,15-/m1/s1. The molecule has 1 saturated heterocycles. The quantitative estimate of drug-likeness (QED) is 0.914. The van der Waals surface area contributed by atoms with Gasteiger partial charge >= 0.3 is 0 Å². The summed E-state index contributed by atoms with van der Waals surface area (Å²) in [6.07, 6.45) is 8.86. The summed E-state index contributed by atoms with van der Waals surface area (Å²) in [6.45, 7) is 4.07. The summed E-state index contributed by atoms with van der Waals surface area (Å²) in [5.74, 6) is 0.417. The molecular weight excluding hydrogens is 252 g/mol. The maximum atomic E-state index is 10.7. The van der Waals surface area contributed by atoms with Gasteiger partial charge in [0.05, 0.1) is 17.5 Å². The first kappa shape index (κ1) is 14.0. The van der Waals surface area contributed by atoms with E-state index in [9.17, 15) is 5.11 Å². The second-order valence-corrected chi connectivity index (χ2v) is 6.74. The highest BCUT2D eigenvalue weighted by molar-refractivity contribution is 5.00. The first-order valence-electron chi connectivity index (χ1n) is 7.88. The Bertz CT molecular complexity index is 456. The highest BCUT2D eigenvalue weighted by Crippen LogP contribution is 2.40. The average Bonchev–Trinajstić information content (AvgIpc) is 3.00. The lowest BCUT2D eigenvalue weighted by molar-refractivity contribution is -0.0630. The molecule has 20 heavy (non-hydrogen) atoms. The van der Waals surface area contributed by atoms with Gasteiger partial charge in [-0.1, -0.05) is 18.1 Å². The van der Waals surface area contributed by atoms with Crippen molar-refractivity contribution in [1.29, 1.82) is 0 Å². The second kappa shape index (κ2) is 5.45. The molecule has 2 heterocycles. The van der Waals surface area contributed by atoms with Crippen molar-refractivity contribution in [3.8, 4) is 0 Å². The van der Waals surface area contributed by atoms with Crippen LogP contribution in [0.15, 0.2) is 6.20 Å². The molecule has 5 heteroatoms. The number of nitrogens with zero attached hydrogens (tertiary/aromatic N) is 4. The molecule has 1 N–H and O–H groups in total. The molecule has 0 bridgehead atoms. The summed E-state index contributed by atoms with van der Waals surface area (Å²) in [5.41, 5.74) is 0.670. The topological polar surface area (TPSA) is 54.2 Å².